The van der Waals surface area contributed by atoms with E-state index in [1.807, 2.05) is 6.07 Å². The van der Waals surface area contributed by atoms with Gasteiger partial charge in [-0.3, -0.25) is 0 Å². The predicted octanol–water partition coefficient (Wildman–Crippen LogP) is 3.87. The molecule has 0 saturated heterocycles. The Morgan fingerprint density at radius 1 is 1.10 bits per heavy atom. The molecule has 0 radical (unpaired) electrons. The molecule has 0 amide bonds. The van der Waals surface area contributed by atoms with Crippen molar-refractivity contribution >= 4 is 28.3 Å². The Morgan fingerprint density at radius 2 is 1.81 bits per heavy atom. The Hall–Kier alpha value is -1.43. The normalized spacial score (nSPS) is 13.2. The number of methoxy groups -OCH3 is 2. The topological polar surface area (TPSA) is 21.7 Å². The van der Waals surface area contributed by atoms with Crippen LogP contribution in [0.15, 0.2) is 36.4 Å². The first-order valence-electron chi connectivity index (χ1n) is 6.96. The summed E-state index contributed by atoms with van der Waals surface area (Å²) in [6.45, 7) is 1.97. The highest BCUT2D eigenvalue weighted by molar-refractivity contribution is 14.1. The number of ether oxygens (including phenoxy) is 2. The first kappa shape index (κ1) is 14.5. The molecule has 110 valence electrons. The molecule has 0 bridgehead atoms. The number of benzene rings is 2. The lowest BCUT2D eigenvalue weighted by molar-refractivity contribution is 0.354. The molecule has 0 fully saturated rings. The highest BCUT2D eigenvalue weighted by atomic mass is 127. The van der Waals surface area contributed by atoms with Crippen molar-refractivity contribution in [1.29, 1.82) is 0 Å². The summed E-state index contributed by atoms with van der Waals surface area (Å²) in [5, 5.41) is 0. The Balaban J connectivity index is 1.89. The maximum atomic E-state index is 5.42. The maximum Gasteiger partial charge on any atom is 0.161 e. The van der Waals surface area contributed by atoms with Crippen LogP contribution in [-0.4, -0.2) is 20.8 Å². The molecule has 21 heavy (non-hydrogen) atoms. The third-order valence-electron chi connectivity index (χ3n) is 3.90. The van der Waals surface area contributed by atoms with Gasteiger partial charge in [0.15, 0.2) is 11.5 Å². The summed E-state index contributed by atoms with van der Waals surface area (Å²) < 4.78 is 12.0. The molecule has 3 nitrogen and oxygen atoms in total. The third-order valence-corrected chi connectivity index (χ3v) is 4.90. The van der Waals surface area contributed by atoms with Crippen LogP contribution >= 0.6 is 22.6 Å². The first-order valence-corrected chi connectivity index (χ1v) is 8.04. The van der Waals surface area contributed by atoms with Crippen LogP contribution in [-0.2, 0) is 13.0 Å². The average molecular weight is 395 g/mol. The Labute approximate surface area is 139 Å². The van der Waals surface area contributed by atoms with Crippen LogP contribution in [0.1, 0.15) is 11.1 Å². The first-order chi connectivity index (χ1) is 10.2. The average Bonchev–Trinajstić information content (AvgIpc) is 2.92. The van der Waals surface area contributed by atoms with E-state index in [-0.39, 0.29) is 0 Å². The van der Waals surface area contributed by atoms with E-state index in [9.17, 15) is 0 Å². The number of hydrogen-bond donors (Lipinski definition) is 0. The Kier molecular flexibility index (Phi) is 4.24. The van der Waals surface area contributed by atoms with Gasteiger partial charge in [-0.25, -0.2) is 0 Å². The quantitative estimate of drug-likeness (QED) is 0.734. The van der Waals surface area contributed by atoms with E-state index in [0.717, 1.165) is 31.0 Å². The molecule has 0 saturated carbocycles. The van der Waals surface area contributed by atoms with Crippen molar-refractivity contribution in [1.82, 2.24) is 0 Å². The monoisotopic (exact) mass is 395 g/mol. The zero-order valence-electron chi connectivity index (χ0n) is 12.2. The molecule has 0 spiro atoms. The van der Waals surface area contributed by atoms with Crippen LogP contribution in [0.5, 0.6) is 11.5 Å². The van der Waals surface area contributed by atoms with Gasteiger partial charge in [0.2, 0.25) is 0 Å². The van der Waals surface area contributed by atoms with Crippen molar-refractivity contribution in [2.75, 3.05) is 25.7 Å². The maximum absolute atomic E-state index is 5.42. The van der Waals surface area contributed by atoms with Gasteiger partial charge < -0.3 is 14.4 Å². The van der Waals surface area contributed by atoms with E-state index in [1.165, 1.54) is 20.4 Å². The standard InChI is InChI=1S/C17H18INO2/c1-20-16-9-13(14(18)10-17(16)21-2)11-19-8-7-12-5-3-4-6-15(12)19/h3-6,9-10H,7-8,11H2,1-2H3. The number of hydrogen-bond acceptors (Lipinski definition) is 3. The molecule has 3 rings (SSSR count). The van der Waals surface area contributed by atoms with Crippen molar-refractivity contribution in [2.45, 2.75) is 13.0 Å². The van der Waals surface area contributed by atoms with Crippen LogP contribution in [0.4, 0.5) is 5.69 Å². The van der Waals surface area contributed by atoms with Gasteiger partial charge in [-0.2, -0.15) is 0 Å². The van der Waals surface area contributed by atoms with E-state index >= 15 is 0 Å². The second-order valence-electron chi connectivity index (χ2n) is 5.10. The number of halogens is 1. The molecule has 2 aromatic carbocycles. The van der Waals surface area contributed by atoms with E-state index in [0.29, 0.717) is 0 Å². The Bertz CT molecular complexity index is 657. The van der Waals surface area contributed by atoms with Gasteiger partial charge in [-0.05, 0) is 58.3 Å². The lowest BCUT2D eigenvalue weighted by atomic mass is 10.1. The molecule has 2 aromatic rings. The summed E-state index contributed by atoms with van der Waals surface area (Å²) in [7, 11) is 3.35. The minimum Gasteiger partial charge on any atom is -0.493 e. The molecular weight excluding hydrogens is 377 g/mol. The molecule has 1 heterocycles. The SMILES string of the molecule is COc1cc(I)c(CN2CCc3ccccc32)cc1OC. The number of nitrogens with zero attached hydrogens (tertiary/aromatic N) is 1. The molecule has 0 aromatic heterocycles. The van der Waals surface area contributed by atoms with Gasteiger partial charge in [-0.15, -0.1) is 0 Å². The van der Waals surface area contributed by atoms with Crippen molar-refractivity contribution in [2.24, 2.45) is 0 Å². The molecule has 0 N–H and O–H groups in total. The summed E-state index contributed by atoms with van der Waals surface area (Å²) in [5.74, 6) is 1.58. The van der Waals surface area contributed by atoms with Gasteiger partial charge in [0.25, 0.3) is 0 Å². The molecule has 1 aliphatic rings. The molecular formula is C17H18INO2. The minimum atomic E-state index is 0.785. The molecule has 4 heteroatoms. The summed E-state index contributed by atoms with van der Waals surface area (Å²) in [6, 6.07) is 12.8. The van der Waals surface area contributed by atoms with Crippen molar-refractivity contribution < 1.29 is 9.47 Å². The van der Waals surface area contributed by atoms with Gasteiger partial charge >= 0.3 is 0 Å². The van der Waals surface area contributed by atoms with Crippen LogP contribution in [0.3, 0.4) is 0 Å². The summed E-state index contributed by atoms with van der Waals surface area (Å²) in [5.41, 5.74) is 4.06. The van der Waals surface area contributed by atoms with Crippen molar-refractivity contribution in [3.8, 4) is 11.5 Å². The van der Waals surface area contributed by atoms with Crippen LogP contribution in [0.25, 0.3) is 0 Å². The summed E-state index contributed by atoms with van der Waals surface area (Å²) >= 11 is 2.37. The zero-order chi connectivity index (χ0) is 14.8. The number of rotatable bonds is 4. The lowest BCUT2D eigenvalue weighted by Crippen LogP contribution is -2.20. The van der Waals surface area contributed by atoms with Gasteiger partial charge in [0, 0.05) is 22.3 Å². The lowest BCUT2D eigenvalue weighted by Gasteiger charge is -2.21. The fraction of sp³-hybridized carbons (Fsp3) is 0.294. The van der Waals surface area contributed by atoms with Crippen molar-refractivity contribution in [3.05, 3.63) is 51.1 Å². The molecule has 0 unspecified atom stereocenters. The second kappa shape index (κ2) is 6.13. The fourth-order valence-electron chi connectivity index (χ4n) is 2.79. The molecule has 0 aliphatic carbocycles. The number of fused-ring (bicyclic) bond motifs is 1. The smallest absolute Gasteiger partial charge is 0.161 e. The van der Waals surface area contributed by atoms with Crippen molar-refractivity contribution in [3.63, 3.8) is 0 Å². The van der Waals surface area contributed by atoms with Gasteiger partial charge in [0.05, 0.1) is 14.2 Å². The fourth-order valence-corrected chi connectivity index (χ4v) is 3.40. The Morgan fingerprint density at radius 3 is 2.57 bits per heavy atom. The summed E-state index contributed by atoms with van der Waals surface area (Å²) in [4.78, 5) is 2.43. The van der Waals surface area contributed by atoms with E-state index in [4.69, 9.17) is 9.47 Å². The van der Waals surface area contributed by atoms with Gasteiger partial charge in [-0.1, -0.05) is 18.2 Å². The summed E-state index contributed by atoms with van der Waals surface area (Å²) in [6.07, 6.45) is 1.13. The van der Waals surface area contributed by atoms with Crippen LogP contribution in [0, 0.1) is 3.57 Å². The number of para-hydroxylation sites is 1. The highest BCUT2D eigenvalue weighted by Gasteiger charge is 2.20. The molecule has 1 aliphatic heterocycles. The third kappa shape index (κ3) is 2.81. The van der Waals surface area contributed by atoms with Crippen LogP contribution < -0.4 is 14.4 Å². The second-order valence-corrected chi connectivity index (χ2v) is 6.26. The van der Waals surface area contributed by atoms with E-state index in [2.05, 4.69) is 57.8 Å². The molecule has 0 atom stereocenters. The number of anilines is 1. The highest BCUT2D eigenvalue weighted by Crippen LogP contribution is 2.34. The minimum absolute atomic E-state index is 0.785. The zero-order valence-corrected chi connectivity index (χ0v) is 14.4. The van der Waals surface area contributed by atoms with Gasteiger partial charge in [0.1, 0.15) is 0 Å². The van der Waals surface area contributed by atoms with E-state index in [1.54, 1.807) is 14.2 Å². The predicted molar refractivity (Wildman–Crippen MR) is 93.5 cm³/mol. The van der Waals surface area contributed by atoms with E-state index < -0.39 is 0 Å². The largest absolute Gasteiger partial charge is 0.493 e. The van der Waals surface area contributed by atoms with Crippen LogP contribution in [0.2, 0.25) is 0 Å².